The van der Waals surface area contributed by atoms with Crippen molar-refractivity contribution in [2.45, 2.75) is 82.4 Å². The molecule has 0 bridgehead atoms. The first-order valence-electron chi connectivity index (χ1n) is 8.74. The number of aromatic hydroxyl groups is 1. The Morgan fingerprint density at radius 1 is 0.870 bits per heavy atom. The van der Waals surface area contributed by atoms with Crippen LogP contribution in [-0.4, -0.2) is 18.1 Å². The Kier molecular flexibility index (Phi) is 9.26. The number of unbranched alkanes of at least 4 members (excludes halogenated alkanes) is 9. The smallest absolute Gasteiger partial charge is 0.294 e. The molecule has 5 heteroatoms. The third kappa shape index (κ3) is 8.37. The van der Waals surface area contributed by atoms with E-state index in [9.17, 15) is 13.5 Å². The van der Waals surface area contributed by atoms with Gasteiger partial charge in [0.05, 0.1) is 4.90 Å². The Morgan fingerprint density at radius 2 is 1.39 bits per heavy atom. The van der Waals surface area contributed by atoms with Crippen LogP contribution in [-0.2, 0) is 16.5 Å². The fourth-order valence-electron chi connectivity index (χ4n) is 2.72. The summed E-state index contributed by atoms with van der Waals surface area (Å²) in [6.45, 7) is 2.23. The fraction of sp³-hybridized carbons (Fsp3) is 0.667. The van der Waals surface area contributed by atoms with E-state index in [2.05, 4.69) is 6.92 Å². The summed E-state index contributed by atoms with van der Waals surface area (Å²) in [7, 11) is -4.25. The maximum Gasteiger partial charge on any atom is 0.294 e. The number of aryl methyl sites for hydroxylation is 1. The lowest BCUT2D eigenvalue weighted by molar-refractivity contribution is 0.459. The largest absolute Gasteiger partial charge is 0.508 e. The maximum atomic E-state index is 11.0. The third-order valence-electron chi connectivity index (χ3n) is 4.15. The first-order chi connectivity index (χ1) is 10.9. The van der Waals surface area contributed by atoms with Gasteiger partial charge in [-0.15, -0.1) is 0 Å². The maximum absolute atomic E-state index is 11.0. The molecule has 1 rings (SSSR count). The van der Waals surface area contributed by atoms with Gasteiger partial charge in [-0.05, 0) is 24.5 Å². The Morgan fingerprint density at radius 3 is 1.87 bits per heavy atom. The zero-order chi connectivity index (χ0) is 17.1. The number of phenols is 1. The molecule has 132 valence electrons. The van der Waals surface area contributed by atoms with Crippen LogP contribution < -0.4 is 0 Å². The molecule has 23 heavy (non-hydrogen) atoms. The van der Waals surface area contributed by atoms with E-state index in [1.54, 1.807) is 6.07 Å². The molecular weight excluding hydrogens is 312 g/mol. The van der Waals surface area contributed by atoms with Crippen molar-refractivity contribution in [1.82, 2.24) is 0 Å². The van der Waals surface area contributed by atoms with Crippen molar-refractivity contribution in [2.24, 2.45) is 0 Å². The molecule has 0 saturated carbocycles. The van der Waals surface area contributed by atoms with Gasteiger partial charge in [-0.3, -0.25) is 4.55 Å². The summed E-state index contributed by atoms with van der Waals surface area (Å²) >= 11 is 0. The summed E-state index contributed by atoms with van der Waals surface area (Å²) in [6.07, 6.45) is 13.3. The van der Waals surface area contributed by atoms with Crippen molar-refractivity contribution in [1.29, 1.82) is 0 Å². The molecule has 0 atom stereocenters. The fourth-order valence-corrected chi connectivity index (χ4v) is 3.22. The van der Waals surface area contributed by atoms with E-state index in [-0.39, 0.29) is 10.6 Å². The van der Waals surface area contributed by atoms with Gasteiger partial charge in [0.2, 0.25) is 0 Å². The monoisotopic (exact) mass is 342 g/mol. The molecule has 1 aromatic carbocycles. The van der Waals surface area contributed by atoms with Gasteiger partial charge in [0.15, 0.2) is 0 Å². The number of hydrogen-bond acceptors (Lipinski definition) is 3. The van der Waals surface area contributed by atoms with Gasteiger partial charge in [-0.1, -0.05) is 70.8 Å². The van der Waals surface area contributed by atoms with E-state index in [0.717, 1.165) is 30.9 Å². The first kappa shape index (κ1) is 20.0. The van der Waals surface area contributed by atoms with Crippen LogP contribution in [0.3, 0.4) is 0 Å². The number of phenolic OH excluding ortho intramolecular Hbond substituents is 1. The van der Waals surface area contributed by atoms with E-state index in [0.29, 0.717) is 0 Å². The molecule has 0 aromatic heterocycles. The molecule has 0 amide bonds. The van der Waals surface area contributed by atoms with Crippen LogP contribution >= 0.6 is 0 Å². The molecule has 0 radical (unpaired) electrons. The minimum absolute atomic E-state index is 0.0592. The van der Waals surface area contributed by atoms with Crippen molar-refractivity contribution in [3.8, 4) is 5.75 Å². The van der Waals surface area contributed by atoms with E-state index in [1.807, 2.05) is 0 Å². The highest BCUT2D eigenvalue weighted by molar-refractivity contribution is 7.85. The molecule has 0 aliphatic heterocycles. The minimum atomic E-state index is -4.25. The molecule has 0 aliphatic carbocycles. The van der Waals surface area contributed by atoms with Crippen LogP contribution in [0.1, 0.15) is 76.7 Å². The summed E-state index contributed by atoms with van der Waals surface area (Å²) in [5, 5.41) is 9.82. The average Bonchev–Trinajstić information content (AvgIpc) is 2.49. The normalized spacial score (nSPS) is 11.7. The lowest BCUT2D eigenvalue weighted by Gasteiger charge is -2.06. The second-order valence-corrected chi connectivity index (χ2v) is 7.62. The van der Waals surface area contributed by atoms with Crippen LogP contribution in [0.4, 0.5) is 0 Å². The molecule has 0 unspecified atom stereocenters. The zero-order valence-electron chi connectivity index (χ0n) is 14.1. The summed E-state index contributed by atoms with van der Waals surface area (Å²) in [5.74, 6) is -0.0592. The Balaban J connectivity index is 2.17. The Labute approximate surface area is 140 Å². The van der Waals surface area contributed by atoms with Gasteiger partial charge in [0, 0.05) is 6.07 Å². The summed E-state index contributed by atoms with van der Waals surface area (Å²) in [5.41, 5.74) is 0.733. The van der Waals surface area contributed by atoms with E-state index < -0.39 is 10.1 Å². The van der Waals surface area contributed by atoms with Crippen molar-refractivity contribution in [3.05, 3.63) is 23.8 Å². The van der Waals surface area contributed by atoms with Gasteiger partial charge >= 0.3 is 0 Å². The second kappa shape index (κ2) is 10.7. The first-order valence-corrected chi connectivity index (χ1v) is 10.2. The van der Waals surface area contributed by atoms with E-state index >= 15 is 0 Å². The molecule has 0 heterocycles. The second-order valence-electron chi connectivity index (χ2n) is 6.20. The lowest BCUT2D eigenvalue weighted by atomic mass is 10.0. The van der Waals surface area contributed by atoms with Gasteiger partial charge < -0.3 is 5.11 Å². The number of hydrogen-bond donors (Lipinski definition) is 2. The van der Waals surface area contributed by atoms with E-state index in [4.69, 9.17) is 4.55 Å². The Bertz CT molecular complexity index is 552. The highest BCUT2D eigenvalue weighted by Crippen LogP contribution is 2.23. The lowest BCUT2D eigenvalue weighted by Crippen LogP contribution is -1.98. The molecule has 0 fully saturated rings. The molecule has 0 spiro atoms. The Hall–Kier alpha value is -1.07. The SMILES string of the molecule is CCCCCCCCCCCCc1ccc(S(=O)(=O)O)cc1O. The summed E-state index contributed by atoms with van der Waals surface area (Å²) in [4.78, 5) is -0.262. The van der Waals surface area contributed by atoms with Crippen molar-refractivity contribution in [2.75, 3.05) is 0 Å². The topological polar surface area (TPSA) is 74.6 Å². The zero-order valence-corrected chi connectivity index (χ0v) is 14.9. The highest BCUT2D eigenvalue weighted by atomic mass is 32.2. The van der Waals surface area contributed by atoms with Gasteiger partial charge in [-0.25, -0.2) is 0 Å². The van der Waals surface area contributed by atoms with E-state index in [1.165, 1.54) is 57.4 Å². The minimum Gasteiger partial charge on any atom is -0.508 e. The van der Waals surface area contributed by atoms with Crippen LogP contribution in [0, 0.1) is 0 Å². The van der Waals surface area contributed by atoms with Gasteiger partial charge in [0.25, 0.3) is 10.1 Å². The van der Waals surface area contributed by atoms with Crippen molar-refractivity contribution < 1.29 is 18.1 Å². The molecule has 0 saturated heterocycles. The third-order valence-corrected chi connectivity index (χ3v) is 5.00. The van der Waals surface area contributed by atoms with Crippen molar-refractivity contribution >= 4 is 10.1 Å². The average molecular weight is 343 g/mol. The quantitative estimate of drug-likeness (QED) is 0.409. The van der Waals surface area contributed by atoms with Crippen LogP contribution in [0.5, 0.6) is 5.75 Å². The molecule has 2 N–H and O–H groups in total. The molecular formula is C18H30O4S. The van der Waals surface area contributed by atoms with Crippen molar-refractivity contribution in [3.63, 3.8) is 0 Å². The molecule has 4 nitrogen and oxygen atoms in total. The number of rotatable bonds is 12. The summed E-state index contributed by atoms with van der Waals surface area (Å²) in [6, 6.07) is 4.02. The number of benzene rings is 1. The molecule has 1 aromatic rings. The van der Waals surface area contributed by atoms with Gasteiger partial charge in [0.1, 0.15) is 5.75 Å². The van der Waals surface area contributed by atoms with Crippen LogP contribution in [0.2, 0.25) is 0 Å². The highest BCUT2D eigenvalue weighted by Gasteiger charge is 2.12. The summed E-state index contributed by atoms with van der Waals surface area (Å²) < 4.78 is 30.9. The van der Waals surface area contributed by atoms with Crippen LogP contribution in [0.15, 0.2) is 23.1 Å². The molecule has 0 aliphatic rings. The van der Waals surface area contributed by atoms with Gasteiger partial charge in [-0.2, -0.15) is 8.42 Å². The van der Waals surface area contributed by atoms with Crippen LogP contribution in [0.25, 0.3) is 0 Å². The predicted molar refractivity (Wildman–Crippen MR) is 93.5 cm³/mol. The standard InChI is InChI=1S/C18H30O4S/c1-2-3-4-5-6-7-8-9-10-11-12-16-13-14-17(15-18(16)19)23(20,21)22/h13-15,19H,2-12H2,1H3,(H,20,21,22). The predicted octanol–water partition coefficient (Wildman–Crippen LogP) is 5.10.